The monoisotopic (exact) mass is 312 g/mol. The minimum atomic E-state index is -1.62. The Morgan fingerprint density at radius 3 is 2.64 bits per heavy atom. The first-order valence-corrected chi connectivity index (χ1v) is 6.97. The van der Waals surface area contributed by atoms with Crippen LogP contribution in [0.4, 0.5) is 13.6 Å². The number of carbonyl (C=O) groups is 2. The normalized spacial score (nSPS) is 21.6. The molecule has 1 aliphatic heterocycles. The number of amides is 3. The second-order valence-corrected chi connectivity index (χ2v) is 5.56. The number of nitrogens with zero attached hydrogens (tertiary/aromatic N) is 1. The van der Waals surface area contributed by atoms with E-state index in [1.54, 1.807) is 0 Å². The minimum Gasteiger partial charge on any atom is -0.377 e. The molecule has 0 radical (unpaired) electrons. The van der Waals surface area contributed by atoms with E-state index in [-0.39, 0.29) is 24.8 Å². The zero-order valence-corrected chi connectivity index (χ0v) is 12.7. The van der Waals surface area contributed by atoms with Gasteiger partial charge in [0.2, 0.25) is 0 Å². The number of rotatable bonds is 5. The highest BCUT2D eigenvalue weighted by molar-refractivity contribution is 6.07. The van der Waals surface area contributed by atoms with E-state index in [4.69, 9.17) is 4.74 Å². The molecule has 120 valence electrons. The zero-order chi connectivity index (χ0) is 16.5. The summed E-state index contributed by atoms with van der Waals surface area (Å²) < 4.78 is 32.6. The molecule has 5 nitrogen and oxygen atoms in total. The Morgan fingerprint density at radius 2 is 2.00 bits per heavy atom. The first-order valence-electron chi connectivity index (χ1n) is 6.97. The number of ether oxygens (including phenoxy) is 1. The molecule has 1 fully saturated rings. The molecule has 1 saturated heterocycles. The maximum Gasteiger partial charge on any atom is 0.325 e. The molecule has 3 amide bonds. The number of hydrogen-bond donors (Lipinski definition) is 1. The Labute approximate surface area is 127 Å². The van der Waals surface area contributed by atoms with Crippen LogP contribution in [0, 0.1) is 11.6 Å². The van der Waals surface area contributed by atoms with Crippen LogP contribution in [0.1, 0.15) is 26.3 Å². The van der Waals surface area contributed by atoms with Crippen LogP contribution in [0.15, 0.2) is 18.2 Å². The molecule has 1 N–H and O–H groups in total. The van der Waals surface area contributed by atoms with Gasteiger partial charge < -0.3 is 10.1 Å². The highest BCUT2D eigenvalue weighted by Gasteiger charge is 2.50. The molecule has 0 aliphatic carbocycles. The molecular formula is C15H18F2N2O3. The Morgan fingerprint density at radius 1 is 1.32 bits per heavy atom. The summed E-state index contributed by atoms with van der Waals surface area (Å²) in [6.07, 6.45) is -0.0344. The van der Waals surface area contributed by atoms with Crippen molar-refractivity contribution in [3.8, 4) is 0 Å². The molecule has 1 aromatic carbocycles. The van der Waals surface area contributed by atoms with Crippen molar-refractivity contribution in [1.29, 1.82) is 0 Å². The average Bonchev–Trinajstić information content (AvgIpc) is 2.65. The SMILES string of the molecule is CC(C)OCCN1C(=O)NC(C)(c2cc(F)ccc2F)C1=O. The van der Waals surface area contributed by atoms with Crippen molar-refractivity contribution in [3.63, 3.8) is 0 Å². The van der Waals surface area contributed by atoms with Crippen molar-refractivity contribution in [3.05, 3.63) is 35.4 Å². The van der Waals surface area contributed by atoms with E-state index < -0.39 is 29.1 Å². The van der Waals surface area contributed by atoms with Crippen LogP contribution >= 0.6 is 0 Å². The van der Waals surface area contributed by atoms with E-state index >= 15 is 0 Å². The summed E-state index contributed by atoms with van der Waals surface area (Å²) in [5, 5.41) is 2.43. The van der Waals surface area contributed by atoms with E-state index in [1.807, 2.05) is 13.8 Å². The van der Waals surface area contributed by atoms with E-state index in [2.05, 4.69) is 5.32 Å². The van der Waals surface area contributed by atoms with Crippen LogP contribution in [-0.4, -0.2) is 36.1 Å². The smallest absolute Gasteiger partial charge is 0.325 e. The Kier molecular flexibility index (Phi) is 4.46. The Hall–Kier alpha value is -2.02. The number of nitrogens with one attached hydrogen (secondary N) is 1. The molecular weight excluding hydrogens is 294 g/mol. The van der Waals surface area contributed by atoms with Gasteiger partial charge in [-0.05, 0) is 39.0 Å². The lowest BCUT2D eigenvalue weighted by Crippen LogP contribution is -2.42. The number of urea groups is 1. The molecule has 0 bridgehead atoms. The lowest BCUT2D eigenvalue weighted by Gasteiger charge is -2.23. The van der Waals surface area contributed by atoms with Crippen molar-refractivity contribution in [1.82, 2.24) is 10.2 Å². The number of halogens is 2. The minimum absolute atomic E-state index is 0.0344. The first-order chi connectivity index (χ1) is 10.3. The van der Waals surface area contributed by atoms with Crippen molar-refractivity contribution >= 4 is 11.9 Å². The van der Waals surface area contributed by atoms with Crippen LogP contribution in [0.5, 0.6) is 0 Å². The molecule has 1 aromatic rings. The van der Waals surface area contributed by atoms with Crippen molar-refractivity contribution in [2.45, 2.75) is 32.4 Å². The van der Waals surface area contributed by atoms with Gasteiger partial charge in [-0.1, -0.05) is 0 Å². The molecule has 0 aromatic heterocycles. The molecule has 1 aliphatic rings. The highest BCUT2D eigenvalue weighted by Crippen LogP contribution is 2.31. The summed E-state index contributed by atoms with van der Waals surface area (Å²) in [6, 6.07) is 2.16. The fraction of sp³-hybridized carbons (Fsp3) is 0.467. The van der Waals surface area contributed by atoms with Gasteiger partial charge in [0.1, 0.15) is 17.2 Å². The van der Waals surface area contributed by atoms with Gasteiger partial charge in [0.25, 0.3) is 5.91 Å². The van der Waals surface area contributed by atoms with Gasteiger partial charge in [-0.15, -0.1) is 0 Å². The lowest BCUT2D eigenvalue weighted by atomic mass is 9.91. The first kappa shape index (κ1) is 16.4. The van der Waals surface area contributed by atoms with Crippen molar-refractivity contribution < 1.29 is 23.1 Å². The molecule has 1 heterocycles. The van der Waals surface area contributed by atoms with Crippen LogP contribution < -0.4 is 5.32 Å². The molecule has 0 spiro atoms. The fourth-order valence-electron chi connectivity index (χ4n) is 2.34. The maximum atomic E-state index is 13.9. The summed E-state index contributed by atoms with van der Waals surface area (Å²) >= 11 is 0. The highest BCUT2D eigenvalue weighted by atomic mass is 19.1. The van der Waals surface area contributed by atoms with Gasteiger partial charge >= 0.3 is 6.03 Å². The molecule has 22 heavy (non-hydrogen) atoms. The predicted octanol–water partition coefficient (Wildman–Crippen LogP) is 2.16. The van der Waals surface area contributed by atoms with Gasteiger partial charge in [0.05, 0.1) is 19.3 Å². The van der Waals surface area contributed by atoms with Crippen LogP contribution in [0.2, 0.25) is 0 Å². The molecule has 0 saturated carbocycles. The standard InChI is InChI=1S/C15H18F2N2O3/c1-9(2)22-7-6-19-13(20)15(3,18-14(19)21)11-8-10(16)4-5-12(11)17/h4-5,8-9H,6-7H2,1-3H3,(H,18,21). The predicted molar refractivity (Wildman–Crippen MR) is 75.0 cm³/mol. The number of carbonyl (C=O) groups excluding carboxylic acids is 2. The lowest BCUT2D eigenvalue weighted by molar-refractivity contribution is -0.131. The molecule has 1 atom stereocenters. The topological polar surface area (TPSA) is 58.6 Å². The summed E-state index contributed by atoms with van der Waals surface area (Å²) in [7, 11) is 0. The summed E-state index contributed by atoms with van der Waals surface area (Å²) in [5.41, 5.74) is -1.82. The van der Waals surface area contributed by atoms with Crippen LogP contribution in [0.3, 0.4) is 0 Å². The van der Waals surface area contributed by atoms with Crippen LogP contribution in [0.25, 0.3) is 0 Å². The third-order valence-corrected chi connectivity index (χ3v) is 3.51. The molecule has 2 rings (SSSR count). The third-order valence-electron chi connectivity index (χ3n) is 3.51. The van der Waals surface area contributed by atoms with E-state index in [1.165, 1.54) is 6.92 Å². The zero-order valence-electron chi connectivity index (χ0n) is 12.7. The number of imide groups is 1. The maximum absolute atomic E-state index is 13.9. The summed E-state index contributed by atoms with van der Waals surface area (Å²) in [4.78, 5) is 25.4. The average molecular weight is 312 g/mol. The third kappa shape index (κ3) is 2.94. The van der Waals surface area contributed by atoms with E-state index in [0.29, 0.717) is 0 Å². The quantitative estimate of drug-likeness (QED) is 0.848. The number of benzene rings is 1. The Balaban J connectivity index is 2.24. The molecule has 1 unspecified atom stereocenters. The van der Waals surface area contributed by atoms with Crippen molar-refractivity contribution in [2.24, 2.45) is 0 Å². The van der Waals surface area contributed by atoms with Gasteiger partial charge in [-0.3, -0.25) is 9.69 Å². The van der Waals surface area contributed by atoms with Gasteiger partial charge in [-0.2, -0.15) is 0 Å². The second-order valence-electron chi connectivity index (χ2n) is 5.56. The number of hydrogen-bond acceptors (Lipinski definition) is 3. The Bertz CT molecular complexity index is 606. The van der Waals surface area contributed by atoms with Gasteiger partial charge in [0.15, 0.2) is 0 Å². The largest absolute Gasteiger partial charge is 0.377 e. The van der Waals surface area contributed by atoms with Gasteiger partial charge in [0, 0.05) is 5.56 Å². The fourth-order valence-corrected chi connectivity index (χ4v) is 2.34. The van der Waals surface area contributed by atoms with Crippen LogP contribution in [-0.2, 0) is 15.1 Å². The molecule has 7 heteroatoms. The summed E-state index contributed by atoms with van der Waals surface area (Å²) in [6.45, 7) is 5.25. The summed E-state index contributed by atoms with van der Waals surface area (Å²) in [5.74, 6) is -2.06. The second kappa shape index (κ2) is 6.00. The van der Waals surface area contributed by atoms with Crippen molar-refractivity contribution in [2.75, 3.05) is 13.2 Å². The van der Waals surface area contributed by atoms with Gasteiger partial charge in [-0.25, -0.2) is 13.6 Å². The van der Waals surface area contributed by atoms with E-state index in [0.717, 1.165) is 23.1 Å². The van der Waals surface area contributed by atoms with E-state index in [9.17, 15) is 18.4 Å².